The lowest BCUT2D eigenvalue weighted by Gasteiger charge is -2.40. The largest absolute Gasteiger partial charge is 0.317 e. The molecule has 0 bridgehead atoms. The first-order chi connectivity index (χ1) is 12.5. The Morgan fingerprint density at radius 3 is 2.38 bits per heavy atom. The minimum Gasteiger partial charge on any atom is -0.317 e. The second-order valence-electron chi connectivity index (χ2n) is 6.69. The first-order valence-corrected chi connectivity index (χ1v) is 10.2. The van der Waals surface area contributed by atoms with Crippen LogP contribution in [0.25, 0.3) is 21.9 Å². The Balaban J connectivity index is 1.87. The number of hydrogen-bond acceptors (Lipinski definition) is 4. The Bertz CT molecular complexity index is 1020. The van der Waals surface area contributed by atoms with Crippen molar-refractivity contribution in [1.29, 1.82) is 0 Å². The van der Waals surface area contributed by atoms with Gasteiger partial charge in [-0.1, -0.05) is 30.3 Å². The third-order valence-electron chi connectivity index (χ3n) is 4.98. The molecule has 0 atom stereocenters. The fraction of sp³-hybridized carbons (Fsp3) is 0.250. The zero-order chi connectivity index (χ0) is 18.3. The zero-order valence-electron chi connectivity index (χ0n) is 14.6. The molecule has 1 saturated heterocycles. The number of rotatable bonds is 3. The van der Waals surface area contributed by atoms with Crippen molar-refractivity contribution in [2.75, 3.05) is 13.1 Å². The number of nitrogens with zero attached hydrogens (tertiary/aromatic N) is 2. The molecule has 0 saturated carbocycles. The summed E-state index contributed by atoms with van der Waals surface area (Å²) in [4.78, 5) is 12.9. The predicted molar refractivity (Wildman–Crippen MR) is 107 cm³/mol. The minimum absolute atomic E-state index is 0.0399. The van der Waals surface area contributed by atoms with Crippen LogP contribution in [-0.4, -0.2) is 31.1 Å². The van der Waals surface area contributed by atoms with Crippen LogP contribution in [0.1, 0.15) is 12.8 Å². The summed E-state index contributed by atoms with van der Waals surface area (Å²) < 4.78 is 24.9. The van der Waals surface area contributed by atoms with E-state index in [0.29, 0.717) is 23.4 Å². The maximum Gasteiger partial charge on any atom is 0.258 e. The smallest absolute Gasteiger partial charge is 0.258 e. The van der Waals surface area contributed by atoms with Crippen molar-refractivity contribution < 1.29 is 9.11 Å². The Morgan fingerprint density at radius 2 is 1.65 bits per heavy atom. The summed E-state index contributed by atoms with van der Waals surface area (Å²) in [5.41, 5.74) is 1.73. The molecular weight excluding hydrogens is 348 g/mol. The molecule has 1 aromatic heterocycles. The number of hydrogen-bond donors (Lipinski definition) is 2. The second kappa shape index (κ2) is 6.55. The van der Waals surface area contributed by atoms with Gasteiger partial charge in [-0.25, -0.2) is 4.31 Å². The van der Waals surface area contributed by atoms with E-state index in [2.05, 4.69) is 0 Å². The topological polar surface area (TPSA) is 65.7 Å². The van der Waals surface area contributed by atoms with Gasteiger partial charge in [-0.15, -0.1) is 10.8 Å². The molecule has 26 heavy (non-hydrogen) atoms. The molecule has 2 N–H and O–H groups in total. The fourth-order valence-corrected chi connectivity index (χ4v) is 5.18. The zero-order valence-corrected chi connectivity index (χ0v) is 15.4. The van der Waals surface area contributed by atoms with Gasteiger partial charge < -0.3 is 4.57 Å². The molecular formula is C20H22N2O3S. The standard InChI is InChI=1S/C20H22N2O3S/c1-21-14-19(17-9-2-3-10-18(17)20(21)23)15-7-6-8-16(13-15)26(24,25)22-11-4-5-12-22/h2-3,6-10,13-14,24-25H,4-5,11-12H2,1H3. The Labute approximate surface area is 154 Å². The lowest BCUT2D eigenvalue weighted by molar-refractivity contribution is 0.386. The van der Waals surface area contributed by atoms with E-state index < -0.39 is 10.8 Å². The first-order valence-electron chi connectivity index (χ1n) is 8.70. The number of aromatic nitrogens is 1. The summed E-state index contributed by atoms with van der Waals surface area (Å²) in [6.07, 6.45) is 3.79. The molecule has 1 aliphatic rings. The van der Waals surface area contributed by atoms with Crippen LogP contribution in [0.3, 0.4) is 0 Å². The molecule has 0 radical (unpaired) electrons. The van der Waals surface area contributed by atoms with E-state index >= 15 is 0 Å². The van der Waals surface area contributed by atoms with Gasteiger partial charge >= 0.3 is 0 Å². The molecule has 0 amide bonds. The van der Waals surface area contributed by atoms with Gasteiger partial charge in [-0.3, -0.25) is 13.9 Å². The third kappa shape index (κ3) is 2.85. The fourth-order valence-electron chi connectivity index (χ4n) is 3.57. The predicted octanol–water partition coefficient (Wildman–Crippen LogP) is 4.33. The molecule has 1 fully saturated rings. The van der Waals surface area contributed by atoms with E-state index in [0.717, 1.165) is 29.4 Å². The van der Waals surface area contributed by atoms with Crippen LogP contribution in [-0.2, 0) is 7.05 Å². The highest BCUT2D eigenvalue weighted by Crippen LogP contribution is 2.53. The summed E-state index contributed by atoms with van der Waals surface area (Å²) in [5, 5.41) is 1.52. The summed E-state index contributed by atoms with van der Waals surface area (Å²) in [6, 6.07) is 14.9. The van der Waals surface area contributed by atoms with Crippen molar-refractivity contribution in [3.05, 3.63) is 65.1 Å². The molecule has 136 valence electrons. The highest BCUT2D eigenvalue weighted by atomic mass is 32.3. The molecule has 0 unspecified atom stereocenters. The summed E-state index contributed by atoms with van der Waals surface area (Å²) >= 11 is 0. The average Bonchev–Trinajstić information content (AvgIpc) is 3.20. The molecule has 2 heterocycles. The van der Waals surface area contributed by atoms with Crippen molar-refractivity contribution in [3.8, 4) is 11.1 Å². The van der Waals surface area contributed by atoms with Gasteiger partial charge in [-0.05, 0) is 42.0 Å². The van der Waals surface area contributed by atoms with Gasteiger partial charge in [0.25, 0.3) is 5.56 Å². The third-order valence-corrected chi connectivity index (χ3v) is 6.95. The van der Waals surface area contributed by atoms with Crippen LogP contribution < -0.4 is 5.56 Å². The maximum atomic E-state index is 12.4. The van der Waals surface area contributed by atoms with E-state index in [1.54, 1.807) is 22.0 Å². The minimum atomic E-state index is -2.98. The molecule has 2 aromatic carbocycles. The summed E-state index contributed by atoms with van der Waals surface area (Å²) in [7, 11) is -1.24. The number of aryl methyl sites for hydroxylation is 1. The second-order valence-corrected chi connectivity index (χ2v) is 8.71. The monoisotopic (exact) mass is 370 g/mol. The van der Waals surface area contributed by atoms with Crippen molar-refractivity contribution in [2.24, 2.45) is 7.05 Å². The lowest BCUT2D eigenvalue weighted by Crippen LogP contribution is -2.24. The normalized spacial score (nSPS) is 16.3. The SMILES string of the molecule is Cn1cc(-c2cccc(S(O)(O)N3CCCC3)c2)c2ccccc2c1=O. The first kappa shape index (κ1) is 17.3. The molecule has 0 spiro atoms. The van der Waals surface area contributed by atoms with Gasteiger partial charge in [0, 0.05) is 37.3 Å². The van der Waals surface area contributed by atoms with Crippen molar-refractivity contribution in [1.82, 2.24) is 8.87 Å². The highest BCUT2D eigenvalue weighted by molar-refractivity contribution is 8.22. The number of benzene rings is 2. The Morgan fingerprint density at radius 1 is 0.962 bits per heavy atom. The van der Waals surface area contributed by atoms with Gasteiger partial charge in [0.05, 0.1) is 4.90 Å². The van der Waals surface area contributed by atoms with Gasteiger partial charge in [0.15, 0.2) is 0 Å². The maximum absolute atomic E-state index is 12.4. The van der Waals surface area contributed by atoms with Crippen LogP contribution in [0.2, 0.25) is 0 Å². The Kier molecular flexibility index (Phi) is 4.36. The Hall–Kier alpha value is -2.12. The highest BCUT2D eigenvalue weighted by Gasteiger charge is 2.28. The van der Waals surface area contributed by atoms with Crippen molar-refractivity contribution in [3.63, 3.8) is 0 Å². The van der Waals surface area contributed by atoms with Crippen LogP contribution in [0.5, 0.6) is 0 Å². The molecule has 0 aliphatic carbocycles. The van der Waals surface area contributed by atoms with E-state index in [4.69, 9.17) is 0 Å². The van der Waals surface area contributed by atoms with Crippen LogP contribution in [0, 0.1) is 0 Å². The number of pyridine rings is 1. The van der Waals surface area contributed by atoms with Gasteiger partial charge in [-0.2, -0.15) is 0 Å². The number of fused-ring (bicyclic) bond motifs is 1. The van der Waals surface area contributed by atoms with E-state index in [1.165, 1.54) is 0 Å². The molecule has 3 aromatic rings. The molecule has 5 nitrogen and oxygen atoms in total. The van der Waals surface area contributed by atoms with E-state index in [1.807, 2.05) is 48.7 Å². The van der Waals surface area contributed by atoms with E-state index in [9.17, 15) is 13.9 Å². The van der Waals surface area contributed by atoms with E-state index in [-0.39, 0.29) is 5.56 Å². The molecule has 6 heteroatoms. The van der Waals surface area contributed by atoms with Gasteiger partial charge in [0.1, 0.15) is 0 Å². The summed E-state index contributed by atoms with van der Waals surface area (Å²) in [6.45, 7) is 1.41. The van der Waals surface area contributed by atoms with Crippen LogP contribution in [0.15, 0.2) is 64.4 Å². The quantitative estimate of drug-likeness (QED) is 0.720. The molecule has 1 aliphatic heterocycles. The summed E-state index contributed by atoms with van der Waals surface area (Å²) in [5.74, 6) is 0. The van der Waals surface area contributed by atoms with Crippen LogP contribution in [0.4, 0.5) is 0 Å². The average molecular weight is 370 g/mol. The van der Waals surface area contributed by atoms with Crippen LogP contribution >= 0.6 is 10.8 Å². The lowest BCUT2D eigenvalue weighted by atomic mass is 10.0. The van der Waals surface area contributed by atoms with Crippen molar-refractivity contribution in [2.45, 2.75) is 17.7 Å². The van der Waals surface area contributed by atoms with Crippen molar-refractivity contribution >= 4 is 21.5 Å². The molecule has 4 rings (SSSR count). The van der Waals surface area contributed by atoms with Gasteiger partial charge in [0.2, 0.25) is 0 Å².